The Hall–Kier alpha value is -2.34. The highest BCUT2D eigenvalue weighted by Gasteiger charge is 2.23. The van der Waals surface area contributed by atoms with Gasteiger partial charge in [-0.05, 0) is 56.7 Å². The molecule has 0 aliphatic heterocycles. The molecule has 0 radical (unpaired) electrons. The maximum Gasteiger partial charge on any atom is 0.338 e. The van der Waals surface area contributed by atoms with E-state index in [-0.39, 0.29) is 4.90 Å². The van der Waals surface area contributed by atoms with Crippen LogP contribution in [0.1, 0.15) is 28.4 Å². The fraction of sp³-hybridized carbons (Fsp3) is 0.278. The molecule has 0 bridgehead atoms. The van der Waals surface area contributed by atoms with Gasteiger partial charge in [-0.3, -0.25) is 4.31 Å². The number of hydrogen-bond acceptors (Lipinski definition) is 4. The smallest absolute Gasteiger partial charge is 0.338 e. The average molecular weight is 347 g/mol. The normalized spacial score (nSPS) is 11.2. The monoisotopic (exact) mass is 347 g/mol. The van der Waals surface area contributed by atoms with E-state index in [9.17, 15) is 13.2 Å². The molecule has 5 nitrogen and oxygen atoms in total. The van der Waals surface area contributed by atoms with Crippen molar-refractivity contribution >= 4 is 21.7 Å². The van der Waals surface area contributed by atoms with Gasteiger partial charge in [-0.15, -0.1) is 0 Å². The molecule has 0 fully saturated rings. The Bertz CT molecular complexity index is 842. The number of sulfonamides is 1. The van der Waals surface area contributed by atoms with E-state index in [1.807, 2.05) is 6.92 Å². The number of aryl methyl sites for hydroxylation is 2. The molecule has 0 unspecified atom stereocenters. The van der Waals surface area contributed by atoms with E-state index in [2.05, 4.69) is 0 Å². The van der Waals surface area contributed by atoms with Gasteiger partial charge in [0.1, 0.15) is 0 Å². The molecule has 2 rings (SSSR count). The van der Waals surface area contributed by atoms with Gasteiger partial charge >= 0.3 is 5.97 Å². The number of rotatable bonds is 5. The summed E-state index contributed by atoms with van der Waals surface area (Å²) in [5.41, 5.74) is 2.59. The Morgan fingerprint density at radius 3 is 2.25 bits per heavy atom. The van der Waals surface area contributed by atoms with Crippen molar-refractivity contribution in [2.75, 3.05) is 18.0 Å². The zero-order valence-electron chi connectivity index (χ0n) is 14.2. The maximum atomic E-state index is 12.8. The standard InChI is InChI=1S/C18H21NO4S/c1-5-23-18(20)15-8-11-17(14(3)12-15)19(4)24(21,22)16-9-6-13(2)7-10-16/h6-12H,5H2,1-4H3. The fourth-order valence-corrected chi connectivity index (χ4v) is 3.61. The minimum atomic E-state index is -3.66. The van der Waals surface area contributed by atoms with Crippen LogP contribution in [0.3, 0.4) is 0 Å². The summed E-state index contributed by atoms with van der Waals surface area (Å²) in [4.78, 5) is 12.0. The van der Waals surface area contributed by atoms with Crippen LogP contribution >= 0.6 is 0 Å². The summed E-state index contributed by atoms with van der Waals surface area (Å²) in [5.74, 6) is -0.420. The van der Waals surface area contributed by atoms with Crippen molar-refractivity contribution < 1.29 is 17.9 Å². The van der Waals surface area contributed by atoms with Gasteiger partial charge in [0.15, 0.2) is 0 Å². The minimum Gasteiger partial charge on any atom is -0.462 e. The average Bonchev–Trinajstić information content (AvgIpc) is 2.54. The number of nitrogens with zero attached hydrogens (tertiary/aromatic N) is 1. The van der Waals surface area contributed by atoms with Gasteiger partial charge in [-0.1, -0.05) is 17.7 Å². The van der Waals surface area contributed by atoms with E-state index in [1.54, 1.807) is 56.3 Å². The van der Waals surface area contributed by atoms with Crippen LogP contribution in [0.5, 0.6) is 0 Å². The molecule has 24 heavy (non-hydrogen) atoms. The quantitative estimate of drug-likeness (QED) is 0.779. The van der Waals surface area contributed by atoms with E-state index in [1.165, 1.54) is 11.4 Å². The number of anilines is 1. The Balaban J connectivity index is 2.37. The molecule has 0 spiro atoms. The SMILES string of the molecule is CCOC(=O)c1ccc(N(C)S(=O)(=O)c2ccc(C)cc2)c(C)c1. The Kier molecular flexibility index (Phi) is 5.29. The van der Waals surface area contributed by atoms with Gasteiger partial charge < -0.3 is 4.74 Å². The lowest BCUT2D eigenvalue weighted by Gasteiger charge is -2.22. The lowest BCUT2D eigenvalue weighted by molar-refractivity contribution is 0.0526. The fourth-order valence-electron chi connectivity index (χ4n) is 2.35. The molecule has 0 aliphatic carbocycles. The van der Waals surface area contributed by atoms with Gasteiger partial charge in [0.05, 0.1) is 22.8 Å². The second kappa shape index (κ2) is 7.05. The van der Waals surface area contributed by atoms with Crippen LogP contribution in [0.15, 0.2) is 47.4 Å². The van der Waals surface area contributed by atoms with Crippen LogP contribution in [0.25, 0.3) is 0 Å². The molecule has 0 saturated carbocycles. The van der Waals surface area contributed by atoms with Crippen LogP contribution in [0.4, 0.5) is 5.69 Å². The van der Waals surface area contributed by atoms with Crippen molar-refractivity contribution in [2.45, 2.75) is 25.7 Å². The largest absolute Gasteiger partial charge is 0.462 e. The molecule has 0 heterocycles. The summed E-state index contributed by atoms with van der Waals surface area (Å²) in [7, 11) is -2.16. The van der Waals surface area contributed by atoms with Crippen LogP contribution in [0.2, 0.25) is 0 Å². The number of esters is 1. The molecule has 0 aliphatic rings. The second-order valence-electron chi connectivity index (χ2n) is 5.51. The van der Waals surface area contributed by atoms with Gasteiger partial charge in [0, 0.05) is 7.05 Å². The Morgan fingerprint density at radius 1 is 1.08 bits per heavy atom. The van der Waals surface area contributed by atoms with Gasteiger partial charge in [0.25, 0.3) is 10.0 Å². The summed E-state index contributed by atoms with van der Waals surface area (Å²) >= 11 is 0. The molecule has 0 amide bonds. The van der Waals surface area contributed by atoms with Crippen molar-refractivity contribution in [1.29, 1.82) is 0 Å². The highest BCUT2D eigenvalue weighted by atomic mass is 32.2. The number of carbonyl (C=O) groups is 1. The van der Waals surface area contributed by atoms with E-state index < -0.39 is 16.0 Å². The molecule has 0 aromatic heterocycles. The van der Waals surface area contributed by atoms with Gasteiger partial charge in [-0.25, -0.2) is 13.2 Å². The lowest BCUT2D eigenvalue weighted by atomic mass is 10.1. The van der Waals surface area contributed by atoms with Crippen molar-refractivity contribution in [3.63, 3.8) is 0 Å². The number of hydrogen-bond donors (Lipinski definition) is 0. The van der Waals surface area contributed by atoms with E-state index in [0.29, 0.717) is 23.4 Å². The molecular formula is C18H21NO4S. The van der Waals surface area contributed by atoms with E-state index >= 15 is 0 Å². The van der Waals surface area contributed by atoms with Crippen molar-refractivity contribution in [3.8, 4) is 0 Å². The summed E-state index contributed by atoms with van der Waals surface area (Å²) in [6, 6.07) is 11.5. The van der Waals surface area contributed by atoms with Crippen molar-refractivity contribution in [3.05, 3.63) is 59.2 Å². The molecule has 2 aromatic carbocycles. The highest BCUT2D eigenvalue weighted by Crippen LogP contribution is 2.26. The molecule has 0 saturated heterocycles. The summed E-state index contributed by atoms with van der Waals surface area (Å²) < 4.78 is 31.7. The van der Waals surface area contributed by atoms with Crippen LogP contribution in [-0.4, -0.2) is 28.0 Å². The van der Waals surface area contributed by atoms with Gasteiger partial charge in [-0.2, -0.15) is 0 Å². The third-order valence-corrected chi connectivity index (χ3v) is 5.51. The highest BCUT2D eigenvalue weighted by molar-refractivity contribution is 7.92. The predicted octanol–water partition coefficient (Wildman–Crippen LogP) is 3.31. The van der Waals surface area contributed by atoms with E-state index in [0.717, 1.165) is 5.56 Å². The number of ether oxygens (including phenoxy) is 1. The predicted molar refractivity (Wildman–Crippen MR) is 93.9 cm³/mol. The van der Waals surface area contributed by atoms with Crippen LogP contribution < -0.4 is 4.31 Å². The molecule has 0 atom stereocenters. The molecule has 2 aromatic rings. The summed E-state index contributed by atoms with van der Waals surface area (Å²) in [6.07, 6.45) is 0. The topological polar surface area (TPSA) is 63.7 Å². The Morgan fingerprint density at radius 2 is 1.71 bits per heavy atom. The number of carbonyl (C=O) groups excluding carboxylic acids is 1. The summed E-state index contributed by atoms with van der Waals surface area (Å²) in [6.45, 7) is 5.69. The first-order chi connectivity index (χ1) is 11.3. The Labute approximate surface area is 142 Å². The third-order valence-electron chi connectivity index (χ3n) is 3.73. The molecule has 0 N–H and O–H groups in total. The molecule has 6 heteroatoms. The molecular weight excluding hydrogens is 326 g/mol. The third kappa shape index (κ3) is 3.59. The molecule has 128 valence electrons. The lowest BCUT2D eigenvalue weighted by Crippen LogP contribution is -2.27. The minimum absolute atomic E-state index is 0.226. The zero-order valence-corrected chi connectivity index (χ0v) is 15.1. The first-order valence-electron chi connectivity index (χ1n) is 7.60. The maximum absolute atomic E-state index is 12.8. The van der Waals surface area contributed by atoms with E-state index in [4.69, 9.17) is 4.74 Å². The van der Waals surface area contributed by atoms with Gasteiger partial charge in [0.2, 0.25) is 0 Å². The van der Waals surface area contributed by atoms with Crippen molar-refractivity contribution in [2.24, 2.45) is 0 Å². The van der Waals surface area contributed by atoms with Crippen LogP contribution in [0, 0.1) is 13.8 Å². The second-order valence-corrected chi connectivity index (χ2v) is 7.48. The van der Waals surface area contributed by atoms with Crippen molar-refractivity contribution in [1.82, 2.24) is 0 Å². The first-order valence-corrected chi connectivity index (χ1v) is 9.04. The summed E-state index contributed by atoms with van der Waals surface area (Å²) in [5, 5.41) is 0. The van der Waals surface area contributed by atoms with Crippen LogP contribution in [-0.2, 0) is 14.8 Å². The number of benzene rings is 2. The first kappa shape index (κ1) is 18.0. The zero-order chi connectivity index (χ0) is 17.9.